The Labute approximate surface area is 137 Å². The van der Waals surface area contributed by atoms with Crippen LogP contribution < -0.4 is 10.2 Å². The first-order chi connectivity index (χ1) is 10.7. The van der Waals surface area contributed by atoms with Gasteiger partial charge < -0.3 is 10.2 Å². The van der Waals surface area contributed by atoms with Crippen molar-refractivity contribution in [2.24, 2.45) is 5.92 Å². The summed E-state index contributed by atoms with van der Waals surface area (Å²) in [7, 11) is 0. The van der Waals surface area contributed by atoms with Gasteiger partial charge in [0.25, 0.3) is 0 Å². The maximum absolute atomic E-state index is 12.2. The molecule has 0 spiro atoms. The van der Waals surface area contributed by atoms with Crippen molar-refractivity contribution in [2.75, 3.05) is 24.5 Å². The lowest BCUT2D eigenvalue weighted by Crippen LogP contribution is -2.43. The fourth-order valence-corrected chi connectivity index (χ4v) is 2.99. The summed E-state index contributed by atoms with van der Waals surface area (Å²) in [5.74, 6) is 0.124. The number of hydrogen-bond donors (Lipinski definition) is 1. The fraction of sp³-hybridized carbons (Fsp3) is 0.529. The van der Waals surface area contributed by atoms with Crippen molar-refractivity contribution in [2.45, 2.75) is 32.6 Å². The first-order valence-electron chi connectivity index (χ1n) is 7.88. The Balaban J connectivity index is 2.04. The number of carbonyl (C=O) groups is 1. The molecule has 22 heavy (non-hydrogen) atoms. The molecule has 1 aromatic carbocycles. The van der Waals surface area contributed by atoms with Crippen LogP contribution in [-0.2, 0) is 4.79 Å². The highest BCUT2D eigenvalue weighted by Crippen LogP contribution is 2.28. The van der Waals surface area contributed by atoms with Crippen molar-refractivity contribution in [3.8, 4) is 6.07 Å². The molecule has 0 aliphatic carbocycles. The molecule has 118 valence electrons. The van der Waals surface area contributed by atoms with Crippen molar-refractivity contribution in [1.82, 2.24) is 5.32 Å². The van der Waals surface area contributed by atoms with Gasteiger partial charge in [-0.15, -0.1) is 0 Å². The zero-order chi connectivity index (χ0) is 15.9. The van der Waals surface area contributed by atoms with Gasteiger partial charge >= 0.3 is 0 Å². The number of hydrogen-bond acceptors (Lipinski definition) is 3. The standard InChI is InChI=1S/C17H22ClN3O/c1-2-3-8-20-17(22)13-5-4-9-21(12-13)16-7-6-15(18)10-14(16)11-19/h6-7,10,13H,2-5,8-9,12H2,1H3,(H,20,22). The first-order valence-corrected chi connectivity index (χ1v) is 8.25. The molecule has 0 bridgehead atoms. The number of nitriles is 1. The minimum atomic E-state index is -0.00664. The number of nitrogens with one attached hydrogen (secondary N) is 1. The van der Waals surface area contributed by atoms with Crippen molar-refractivity contribution in [1.29, 1.82) is 5.26 Å². The summed E-state index contributed by atoms with van der Waals surface area (Å²) >= 11 is 5.95. The Morgan fingerprint density at radius 2 is 2.36 bits per heavy atom. The van der Waals surface area contributed by atoms with Gasteiger partial charge in [0.2, 0.25) is 5.91 Å². The van der Waals surface area contributed by atoms with Gasteiger partial charge in [-0.05, 0) is 37.5 Å². The molecule has 1 atom stereocenters. The Hall–Kier alpha value is -1.73. The average Bonchev–Trinajstić information content (AvgIpc) is 2.55. The third-order valence-electron chi connectivity index (χ3n) is 4.04. The predicted molar refractivity (Wildman–Crippen MR) is 89.0 cm³/mol. The third kappa shape index (κ3) is 4.14. The minimum absolute atomic E-state index is 0.00664. The van der Waals surface area contributed by atoms with Crippen molar-refractivity contribution in [3.63, 3.8) is 0 Å². The highest BCUT2D eigenvalue weighted by molar-refractivity contribution is 6.30. The third-order valence-corrected chi connectivity index (χ3v) is 4.28. The summed E-state index contributed by atoms with van der Waals surface area (Å²) in [6.45, 7) is 4.39. The van der Waals surface area contributed by atoms with Crippen LogP contribution in [0.5, 0.6) is 0 Å². The van der Waals surface area contributed by atoms with Gasteiger partial charge in [0.1, 0.15) is 6.07 Å². The molecule has 0 saturated carbocycles. The molecule has 1 unspecified atom stereocenters. The number of piperidine rings is 1. The molecule has 1 heterocycles. The second-order valence-corrected chi connectivity index (χ2v) is 6.14. The highest BCUT2D eigenvalue weighted by Gasteiger charge is 2.26. The number of nitrogens with zero attached hydrogens (tertiary/aromatic N) is 2. The van der Waals surface area contributed by atoms with Crippen LogP contribution >= 0.6 is 11.6 Å². The van der Waals surface area contributed by atoms with Gasteiger partial charge in [-0.1, -0.05) is 24.9 Å². The summed E-state index contributed by atoms with van der Waals surface area (Å²) < 4.78 is 0. The van der Waals surface area contributed by atoms with Crippen molar-refractivity contribution < 1.29 is 4.79 Å². The lowest BCUT2D eigenvalue weighted by molar-refractivity contribution is -0.125. The van der Waals surface area contributed by atoms with E-state index in [-0.39, 0.29) is 11.8 Å². The Morgan fingerprint density at radius 3 is 3.09 bits per heavy atom. The molecule has 1 N–H and O–H groups in total. The molecule has 4 nitrogen and oxygen atoms in total. The highest BCUT2D eigenvalue weighted by atomic mass is 35.5. The zero-order valence-corrected chi connectivity index (χ0v) is 13.7. The molecule has 1 aliphatic rings. The molecule has 1 saturated heterocycles. The van der Waals surface area contributed by atoms with Crippen LogP contribution in [-0.4, -0.2) is 25.5 Å². The summed E-state index contributed by atoms with van der Waals surface area (Å²) in [4.78, 5) is 14.4. The van der Waals surface area contributed by atoms with E-state index in [1.165, 1.54) is 0 Å². The SMILES string of the molecule is CCCCNC(=O)C1CCCN(c2ccc(Cl)cc2C#N)C1. The number of halogens is 1. The van der Waals surface area contributed by atoms with Crippen LogP contribution in [0, 0.1) is 17.2 Å². The zero-order valence-electron chi connectivity index (χ0n) is 12.9. The molecule has 0 radical (unpaired) electrons. The van der Waals surface area contributed by atoms with Gasteiger partial charge in [0, 0.05) is 24.7 Å². The molecule has 0 aromatic heterocycles. The molecule has 1 aromatic rings. The van der Waals surface area contributed by atoms with Gasteiger partial charge in [0.15, 0.2) is 0 Å². The molecule has 1 aliphatic heterocycles. The quantitative estimate of drug-likeness (QED) is 0.847. The normalized spacial score (nSPS) is 17.9. The van der Waals surface area contributed by atoms with Gasteiger partial charge in [-0.25, -0.2) is 0 Å². The van der Waals surface area contributed by atoms with Crippen LogP contribution in [0.3, 0.4) is 0 Å². The lowest BCUT2D eigenvalue weighted by Gasteiger charge is -2.34. The second-order valence-electron chi connectivity index (χ2n) is 5.70. The van der Waals surface area contributed by atoms with Gasteiger partial charge in [-0.2, -0.15) is 5.26 Å². The van der Waals surface area contributed by atoms with Gasteiger partial charge in [-0.3, -0.25) is 4.79 Å². The molecule has 5 heteroatoms. The monoisotopic (exact) mass is 319 g/mol. The van der Waals surface area contributed by atoms with Crippen LogP contribution in [0.2, 0.25) is 5.02 Å². The van der Waals surface area contributed by atoms with E-state index in [0.29, 0.717) is 17.1 Å². The van der Waals surface area contributed by atoms with E-state index in [1.54, 1.807) is 12.1 Å². The van der Waals surface area contributed by atoms with Crippen molar-refractivity contribution >= 4 is 23.2 Å². The van der Waals surface area contributed by atoms with Crippen LogP contribution in [0.4, 0.5) is 5.69 Å². The Kier molecular flexibility index (Phi) is 6.09. The van der Waals surface area contributed by atoms with E-state index in [9.17, 15) is 10.1 Å². The van der Waals surface area contributed by atoms with E-state index in [0.717, 1.165) is 44.5 Å². The summed E-state index contributed by atoms with van der Waals surface area (Å²) in [6, 6.07) is 7.54. The molecule has 1 amide bonds. The molecular formula is C17H22ClN3O. The molecular weight excluding hydrogens is 298 g/mol. The second kappa shape index (κ2) is 8.05. The number of benzene rings is 1. The lowest BCUT2D eigenvalue weighted by atomic mass is 9.96. The maximum atomic E-state index is 12.2. The number of amides is 1. The number of rotatable bonds is 5. The number of anilines is 1. The first kappa shape index (κ1) is 16.6. The predicted octanol–water partition coefficient (Wildman–Crippen LogP) is 3.34. The Morgan fingerprint density at radius 1 is 1.55 bits per heavy atom. The van der Waals surface area contributed by atoms with E-state index >= 15 is 0 Å². The topological polar surface area (TPSA) is 56.1 Å². The number of carbonyl (C=O) groups excluding carboxylic acids is 1. The number of unbranched alkanes of at least 4 members (excludes halogenated alkanes) is 1. The summed E-state index contributed by atoms with van der Waals surface area (Å²) in [6.07, 6.45) is 3.95. The van der Waals surface area contributed by atoms with Crippen LogP contribution in [0.25, 0.3) is 0 Å². The van der Waals surface area contributed by atoms with Gasteiger partial charge in [0.05, 0.1) is 17.2 Å². The van der Waals surface area contributed by atoms with E-state index in [1.807, 2.05) is 6.07 Å². The molecule has 2 rings (SSSR count). The van der Waals surface area contributed by atoms with Crippen LogP contribution in [0.1, 0.15) is 38.2 Å². The summed E-state index contributed by atoms with van der Waals surface area (Å²) in [5.41, 5.74) is 1.44. The minimum Gasteiger partial charge on any atom is -0.370 e. The van der Waals surface area contributed by atoms with Crippen LogP contribution in [0.15, 0.2) is 18.2 Å². The summed E-state index contributed by atoms with van der Waals surface area (Å²) in [5, 5.41) is 12.8. The van der Waals surface area contributed by atoms with E-state index < -0.39 is 0 Å². The average molecular weight is 320 g/mol. The van der Waals surface area contributed by atoms with E-state index in [4.69, 9.17) is 11.6 Å². The Bertz CT molecular complexity index is 568. The molecule has 1 fully saturated rings. The van der Waals surface area contributed by atoms with Crippen molar-refractivity contribution in [3.05, 3.63) is 28.8 Å². The maximum Gasteiger partial charge on any atom is 0.224 e. The van der Waals surface area contributed by atoms with E-state index in [2.05, 4.69) is 23.2 Å². The smallest absolute Gasteiger partial charge is 0.224 e. The fourth-order valence-electron chi connectivity index (χ4n) is 2.82. The largest absolute Gasteiger partial charge is 0.370 e.